The van der Waals surface area contributed by atoms with Gasteiger partial charge in [0, 0.05) is 0 Å². The zero-order valence-corrected chi connectivity index (χ0v) is 18.2. The summed E-state index contributed by atoms with van der Waals surface area (Å²) in [6.07, 6.45) is -10.9. The van der Waals surface area contributed by atoms with Gasteiger partial charge in [-0.05, 0) is 13.8 Å². The molecule has 0 saturated heterocycles. The highest BCUT2D eigenvalue weighted by molar-refractivity contribution is 4.60. The summed E-state index contributed by atoms with van der Waals surface area (Å²) in [6.45, 7) is -1.13. The van der Waals surface area contributed by atoms with Gasteiger partial charge in [0.05, 0.1) is 59.0 Å². The van der Waals surface area contributed by atoms with E-state index in [9.17, 15) is 27.8 Å². The summed E-state index contributed by atoms with van der Waals surface area (Å²) in [7, 11) is 0. The second kappa shape index (κ2) is 17.8. The van der Waals surface area contributed by atoms with Gasteiger partial charge in [0.2, 0.25) is 0 Å². The lowest BCUT2D eigenvalue weighted by Gasteiger charge is -2.24. The van der Waals surface area contributed by atoms with E-state index in [4.69, 9.17) is 24.1 Å². The first kappa shape index (κ1) is 31.3. The topological polar surface area (TPSA) is 125 Å². The lowest BCUT2D eigenvalue weighted by molar-refractivity contribution is -0.396. The Labute approximate surface area is 184 Å². The Bertz CT molecular complexity index is 446. The summed E-state index contributed by atoms with van der Waals surface area (Å²) in [5.74, 6) is 0. The Kier molecular flexibility index (Phi) is 17.4. The first-order valence-corrected chi connectivity index (χ1v) is 9.90. The molecule has 2 atom stereocenters. The van der Waals surface area contributed by atoms with Crippen molar-refractivity contribution >= 4 is 0 Å². The van der Waals surface area contributed by atoms with Gasteiger partial charge in [0.1, 0.15) is 32.2 Å². The minimum absolute atomic E-state index is 0.0107. The molecule has 0 aliphatic heterocycles. The molecule has 0 saturated carbocycles. The number of rotatable bonds is 22. The van der Waals surface area contributed by atoms with Gasteiger partial charge in [-0.15, -0.1) is 0 Å². The molecule has 0 bridgehead atoms. The molecule has 0 spiro atoms. The second-order valence-corrected chi connectivity index (χ2v) is 6.83. The Balaban J connectivity index is 3.83. The van der Waals surface area contributed by atoms with Crippen LogP contribution in [0.4, 0.5) is 17.6 Å². The van der Waals surface area contributed by atoms with Crippen LogP contribution >= 0.6 is 0 Å². The monoisotopic (exact) mass is 486 g/mol. The van der Waals surface area contributed by atoms with Gasteiger partial charge in [0.25, 0.3) is 0 Å². The van der Waals surface area contributed by atoms with E-state index in [0.717, 1.165) is 0 Å². The van der Waals surface area contributed by atoms with Crippen molar-refractivity contribution in [1.29, 1.82) is 0 Å². The van der Waals surface area contributed by atoms with Crippen LogP contribution in [0.2, 0.25) is 0 Å². The van der Waals surface area contributed by atoms with Crippen LogP contribution in [-0.2, 0) is 33.2 Å². The van der Waals surface area contributed by atoms with Crippen molar-refractivity contribution in [3.05, 3.63) is 0 Å². The first-order chi connectivity index (χ1) is 15.0. The molecule has 3 N–H and O–H groups in total. The van der Waals surface area contributed by atoms with E-state index in [1.165, 1.54) is 0 Å². The molecule has 0 amide bonds. The van der Waals surface area contributed by atoms with Crippen molar-refractivity contribution in [3.8, 4) is 0 Å². The third-order valence-electron chi connectivity index (χ3n) is 3.17. The van der Waals surface area contributed by atoms with Gasteiger partial charge >= 0.3 is 12.2 Å². The van der Waals surface area contributed by atoms with Gasteiger partial charge < -0.3 is 43.7 Å². The molecule has 14 heteroatoms. The SMILES string of the molecule is CC(C)OCC(O)COCC(F)(F)OC(F)(F)COCOCCOCC(O)COCCO. The Morgan fingerprint density at radius 1 is 0.688 bits per heavy atom. The lowest BCUT2D eigenvalue weighted by atomic mass is 10.4. The van der Waals surface area contributed by atoms with E-state index in [1.54, 1.807) is 13.8 Å². The fourth-order valence-corrected chi connectivity index (χ4v) is 1.89. The van der Waals surface area contributed by atoms with Gasteiger partial charge in [-0.25, -0.2) is 0 Å². The highest BCUT2D eigenvalue weighted by atomic mass is 19.3. The molecule has 0 aromatic rings. The highest BCUT2D eigenvalue weighted by Crippen LogP contribution is 2.27. The fourth-order valence-electron chi connectivity index (χ4n) is 1.89. The summed E-state index contributed by atoms with van der Waals surface area (Å²) in [6, 6.07) is 0. The molecule has 0 radical (unpaired) electrons. The van der Waals surface area contributed by atoms with Crippen LogP contribution in [0, 0.1) is 0 Å². The van der Waals surface area contributed by atoms with E-state index in [-0.39, 0.29) is 52.4 Å². The van der Waals surface area contributed by atoms with Crippen LogP contribution in [0.1, 0.15) is 13.8 Å². The van der Waals surface area contributed by atoms with Crippen LogP contribution in [0.5, 0.6) is 0 Å². The van der Waals surface area contributed by atoms with Crippen LogP contribution in [-0.4, -0.2) is 119 Å². The largest absolute Gasteiger partial charge is 0.394 e. The number of ether oxygens (including phenoxy) is 7. The lowest BCUT2D eigenvalue weighted by Crippen LogP contribution is -2.40. The van der Waals surface area contributed by atoms with Gasteiger partial charge in [-0.1, -0.05) is 0 Å². The minimum atomic E-state index is -4.32. The molecule has 194 valence electrons. The Hall–Kier alpha value is -0.680. The number of hydrogen-bond donors (Lipinski definition) is 3. The standard InChI is InChI=1S/C18H34F4O10/c1-14(2)31-10-16(25)9-29-11-17(19,20)32-18(21,22)12-30-13-28-6-5-27-8-15(24)7-26-4-3-23/h14-16,23-25H,3-13H2,1-2H3. The van der Waals surface area contributed by atoms with E-state index >= 15 is 0 Å². The molecule has 0 aromatic carbocycles. The van der Waals surface area contributed by atoms with E-state index in [2.05, 4.69) is 14.2 Å². The minimum Gasteiger partial charge on any atom is -0.394 e. The maximum Gasteiger partial charge on any atom is 0.383 e. The summed E-state index contributed by atoms with van der Waals surface area (Å²) < 4.78 is 86.1. The van der Waals surface area contributed by atoms with Crippen LogP contribution < -0.4 is 0 Å². The number of halogens is 4. The van der Waals surface area contributed by atoms with E-state index < -0.39 is 51.0 Å². The van der Waals surface area contributed by atoms with Crippen LogP contribution in [0.25, 0.3) is 0 Å². The number of alkyl halides is 4. The molecule has 32 heavy (non-hydrogen) atoms. The summed E-state index contributed by atoms with van der Waals surface area (Å²) in [4.78, 5) is 0. The first-order valence-electron chi connectivity index (χ1n) is 9.90. The molecule has 0 aliphatic carbocycles. The molecule has 0 fully saturated rings. The second-order valence-electron chi connectivity index (χ2n) is 6.83. The quantitative estimate of drug-likeness (QED) is 0.112. The maximum atomic E-state index is 13.5. The number of aliphatic hydroxyl groups is 3. The average Bonchev–Trinajstić information content (AvgIpc) is 2.67. The maximum absolute atomic E-state index is 13.5. The third kappa shape index (κ3) is 20.0. The molecule has 0 aliphatic rings. The van der Waals surface area contributed by atoms with Crippen molar-refractivity contribution in [3.63, 3.8) is 0 Å². The normalized spacial score (nSPS) is 14.8. The Morgan fingerprint density at radius 3 is 1.78 bits per heavy atom. The van der Waals surface area contributed by atoms with Crippen molar-refractivity contribution in [2.24, 2.45) is 0 Å². The molecule has 0 rings (SSSR count). The highest BCUT2D eigenvalue weighted by Gasteiger charge is 2.44. The molecular formula is C18H34F4O10. The van der Waals surface area contributed by atoms with E-state index in [0.29, 0.717) is 0 Å². The van der Waals surface area contributed by atoms with Crippen molar-refractivity contribution in [2.75, 3.05) is 72.9 Å². The molecule has 2 unspecified atom stereocenters. The molecule has 0 aromatic heterocycles. The summed E-state index contributed by atoms with van der Waals surface area (Å²) >= 11 is 0. The Morgan fingerprint density at radius 2 is 1.19 bits per heavy atom. The van der Waals surface area contributed by atoms with Crippen molar-refractivity contribution in [1.82, 2.24) is 0 Å². The number of hydrogen-bond acceptors (Lipinski definition) is 10. The van der Waals surface area contributed by atoms with Gasteiger partial charge in [-0.3, -0.25) is 4.74 Å². The van der Waals surface area contributed by atoms with Gasteiger partial charge in [0.15, 0.2) is 0 Å². The average molecular weight is 486 g/mol. The van der Waals surface area contributed by atoms with Crippen molar-refractivity contribution in [2.45, 2.75) is 44.4 Å². The molecule has 10 nitrogen and oxygen atoms in total. The van der Waals surface area contributed by atoms with Crippen LogP contribution in [0.15, 0.2) is 0 Å². The predicted octanol–water partition coefficient (Wildman–Crippen LogP) is 0.368. The smallest absolute Gasteiger partial charge is 0.383 e. The summed E-state index contributed by atoms with van der Waals surface area (Å²) in [5, 5.41) is 27.4. The van der Waals surface area contributed by atoms with Gasteiger partial charge in [-0.2, -0.15) is 17.6 Å². The zero-order valence-electron chi connectivity index (χ0n) is 18.2. The van der Waals surface area contributed by atoms with E-state index in [1.807, 2.05) is 0 Å². The van der Waals surface area contributed by atoms with Crippen molar-refractivity contribution < 1.29 is 66.0 Å². The predicted molar refractivity (Wildman–Crippen MR) is 100 cm³/mol. The molecule has 0 heterocycles. The summed E-state index contributed by atoms with van der Waals surface area (Å²) in [5.41, 5.74) is 0. The van der Waals surface area contributed by atoms with Crippen LogP contribution in [0.3, 0.4) is 0 Å². The zero-order chi connectivity index (χ0) is 24.5. The number of aliphatic hydroxyl groups excluding tert-OH is 3. The fraction of sp³-hybridized carbons (Fsp3) is 1.00. The third-order valence-corrected chi connectivity index (χ3v) is 3.17. The molecular weight excluding hydrogens is 452 g/mol.